The molecule has 0 saturated carbocycles. The van der Waals surface area contributed by atoms with E-state index in [1.165, 1.54) is 5.56 Å². The molecule has 4 heteroatoms. The Morgan fingerprint density at radius 1 is 0.800 bits per heavy atom. The summed E-state index contributed by atoms with van der Waals surface area (Å²) >= 11 is 0. The maximum atomic E-state index is 12.2. The van der Waals surface area contributed by atoms with Gasteiger partial charge >= 0.3 is 11.9 Å². The summed E-state index contributed by atoms with van der Waals surface area (Å²) in [7, 11) is 0. The minimum atomic E-state index is -0.459. The van der Waals surface area contributed by atoms with E-state index in [2.05, 4.69) is 13.8 Å². The molecule has 0 atom stereocenters. The Labute approximate surface area is 148 Å². The second-order valence-electron chi connectivity index (χ2n) is 6.68. The standard InChI is InChI=1S/C21H24O4/c1-14(2)13-24-20(22)17-5-7-18(8-6-17)21(23)25-19-11-9-16(10-12-19)15(3)4/h5-12,14-15H,13H2,1-4H3. The second-order valence-corrected chi connectivity index (χ2v) is 6.68. The van der Waals surface area contributed by atoms with Crippen LogP contribution >= 0.6 is 0 Å². The van der Waals surface area contributed by atoms with Crippen LogP contribution in [0.25, 0.3) is 0 Å². The molecular weight excluding hydrogens is 316 g/mol. The van der Waals surface area contributed by atoms with Crippen LogP contribution in [-0.4, -0.2) is 18.5 Å². The first-order chi connectivity index (χ1) is 11.9. The number of carbonyl (C=O) groups excluding carboxylic acids is 2. The molecule has 0 unspecified atom stereocenters. The van der Waals surface area contributed by atoms with Gasteiger partial charge in [-0.15, -0.1) is 0 Å². The molecule has 2 aromatic carbocycles. The van der Waals surface area contributed by atoms with Gasteiger partial charge in [-0.05, 0) is 53.8 Å². The molecule has 0 bridgehead atoms. The Morgan fingerprint density at radius 2 is 1.32 bits per heavy atom. The van der Waals surface area contributed by atoms with Crippen molar-refractivity contribution in [3.8, 4) is 5.75 Å². The summed E-state index contributed by atoms with van der Waals surface area (Å²) < 4.78 is 10.5. The topological polar surface area (TPSA) is 52.6 Å². The van der Waals surface area contributed by atoms with Crippen LogP contribution in [0.5, 0.6) is 5.75 Å². The highest BCUT2D eigenvalue weighted by molar-refractivity contribution is 5.94. The first kappa shape index (κ1) is 18.7. The lowest BCUT2D eigenvalue weighted by Crippen LogP contribution is -2.11. The van der Waals surface area contributed by atoms with Crippen LogP contribution in [0, 0.1) is 5.92 Å². The molecule has 0 fully saturated rings. The molecule has 0 saturated heterocycles. The molecule has 0 radical (unpaired) electrons. The third kappa shape index (κ3) is 5.45. The second kappa shape index (κ2) is 8.47. The van der Waals surface area contributed by atoms with Crippen LogP contribution in [0.2, 0.25) is 0 Å². The molecule has 4 nitrogen and oxygen atoms in total. The van der Waals surface area contributed by atoms with Gasteiger partial charge in [0.15, 0.2) is 0 Å². The molecule has 2 rings (SSSR count). The minimum Gasteiger partial charge on any atom is -0.462 e. The van der Waals surface area contributed by atoms with E-state index < -0.39 is 11.9 Å². The summed E-state index contributed by atoms with van der Waals surface area (Å²) in [5.74, 6) is 0.347. The first-order valence-electron chi connectivity index (χ1n) is 8.46. The SMILES string of the molecule is CC(C)COC(=O)c1ccc(C(=O)Oc2ccc(C(C)C)cc2)cc1. The monoisotopic (exact) mass is 340 g/mol. The lowest BCUT2D eigenvalue weighted by Gasteiger charge is -2.09. The van der Waals surface area contributed by atoms with Crippen LogP contribution in [-0.2, 0) is 4.74 Å². The predicted molar refractivity (Wildman–Crippen MR) is 97.1 cm³/mol. The quantitative estimate of drug-likeness (QED) is 0.557. The minimum absolute atomic E-state index is 0.278. The molecule has 0 aliphatic heterocycles. The summed E-state index contributed by atoms with van der Waals surface area (Å²) in [6.07, 6.45) is 0. The smallest absolute Gasteiger partial charge is 0.343 e. The van der Waals surface area contributed by atoms with E-state index in [4.69, 9.17) is 9.47 Å². The van der Waals surface area contributed by atoms with Gasteiger partial charge < -0.3 is 9.47 Å². The highest BCUT2D eigenvalue weighted by atomic mass is 16.5. The molecule has 0 aliphatic rings. The maximum Gasteiger partial charge on any atom is 0.343 e. The number of esters is 2. The van der Waals surface area contributed by atoms with Gasteiger partial charge in [0, 0.05) is 0 Å². The molecule has 0 amide bonds. The van der Waals surface area contributed by atoms with Gasteiger partial charge in [0.05, 0.1) is 17.7 Å². The molecule has 0 aliphatic carbocycles. The maximum absolute atomic E-state index is 12.2. The van der Waals surface area contributed by atoms with Crippen molar-refractivity contribution in [2.24, 2.45) is 5.92 Å². The average molecular weight is 340 g/mol. The van der Waals surface area contributed by atoms with Crippen LogP contribution in [0.4, 0.5) is 0 Å². The third-order valence-corrected chi connectivity index (χ3v) is 3.66. The normalized spacial score (nSPS) is 10.8. The van der Waals surface area contributed by atoms with Crippen molar-refractivity contribution in [1.29, 1.82) is 0 Å². The fourth-order valence-corrected chi connectivity index (χ4v) is 2.15. The van der Waals surface area contributed by atoms with Crippen molar-refractivity contribution >= 4 is 11.9 Å². The average Bonchev–Trinajstić information content (AvgIpc) is 2.60. The van der Waals surface area contributed by atoms with Gasteiger partial charge in [0.25, 0.3) is 0 Å². The highest BCUT2D eigenvalue weighted by Gasteiger charge is 2.12. The fraction of sp³-hybridized carbons (Fsp3) is 0.333. The van der Waals surface area contributed by atoms with Gasteiger partial charge in [-0.25, -0.2) is 9.59 Å². The third-order valence-electron chi connectivity index (χ3n) is 3.66. The van der Waals surface area contributed by atoms with Crippen molar-refractivity contribution in [1.82, 2.24) is 0 Å². The lowest BCUT2D eigenvalue weighted by molar-refractivity contribution is 0.0458. The largest absolute Gasteiger partial charge is 0.462 e. The zero-order valence-corrected chi connectivity index (χ0v) is 15.1. The van der Waals surface area contributed by atoms with Gasteiger partial charge in [-0.3, -0.25) is 0 Å². The summed E-state index contributed by atoms with van der Waals surface area (Å²) in [6.45, 7) is 8.53. The van der Waals surface area contributed by atoms with Gasteiger partial charge in [-0.1, -0.05) is 39.8 Å². The van der Waals surface area contributed by atoms with Crippen molar-refractivity contribution in [2.45, 2.75) is 33.6 Å². The van der Waals surface area contributed by atoms with E-state index in [9.17, 15) is 9.59 Å². The summed E-state index contributed by atoms with van der Waals surface area (Å²) in [5.41, 5.74) is 1.98. The summed E-state index contributed by atoms with van der Waals surface area (Å²) in [6, 6.07) is 13.7. The Morgan fingerprint density at radius 3 is 1.80 bits per heavy atom. The fourth-order valence-electron chi connectivity index (χ4n) is 2.15. The van der Waals surface area contributed by atoms with E-state index in [-0.39, 0.29) is 5.92 Å². The van der Waals surface area contributed by atoms with Gasteiger partial charge in [0.1, 0.15) is 5.75 Å². The van der Waals surface area contributed by atoms with Crippen LogP contribution in [0.15, 0.2) is 48.5 Å². The number of rotatable bonds is 6. The Bertz CT molecular complexity index is 713. The lowest BCUT2D eigenvalue weighted by atomic mass is 10.0. The molecular formula is C21H24O4. The van der Waals surface area contributed by atoms with Crippen molar-refractivity contribution in [3.05, 3.63) is 65.2 Å². The van der Waals surface area contributed by atoms with E-state index in [1.54, 1.807) is 36.4 Å². The van der Waals surface area contributed by atoms with Crippen molar-refractivity contribution < 1.29 is 19.1 Å². The Hall–Kier alpha value is -2.62. The van der Waals surface area contributed by atoms with E-state index in [0.717, 1.165) is 0 Å². The number of hydrogen-bond donors (Lipinski definition) is 0. The van der Waals surface area contributed by atoms with E-state index >= 15 is 0 Å². The first-order valence-corrected chi connectivity index (χ1v) is 8.46. The number of carbonyl (C=O) groups is 2. The molecule has 0 spiro atoms. The van der Waals surface area contributed by atoms with Crippen LogP contribution < -0.4 is 4.74 Å². The summed E-state index contributed by atoms with van der Waals surface area (Å²) in [4.78, 5) is 24.1. The Kier molecular flexibility index (Phi) is 6.34. The summed E-state index contributed by atoms with van der Waals surface area (Å²) in [5, 5.41) is 0. The molecule has 0 heterocycles. The Balaban J connectivity index is 1.99. The number of benzene rings is 2. The number of ether oxygens (including phenoxy) is 2. The number of hydrogen-bond acceptors (Lipinski definition) is 4. The molecule has 0 N–H and O–H groups in total. The van der Waals surface area contributed by atoms with Crippen molar-refractivity contribution in [3.63, 3.8) is 0 Å². The van der Waals surface area contributed by atoms with E-state index in [0.29, 0.717) is 29.4 Å². The van der Waals surface area contributed by atoms with E-state index in [1.807, 2.05) is 26.0 Å². The molecule has 132 valence electrons. The zero-order valence-electron chi connectivity index (χ0n) is 15.1. The van der Waals surface area contributed by atoms with Gasteiger partial charge in [0.2, 0.25) is 0 Å². The molecule has 2 aromatic rings. The highest BCUT2D eigenvalue weighted by Crippen LogP contribution is 2.19. The molecule has 0 aromatic heterocycles. The van der Waals surface area contributed by atoms with Crippen LogP contribution in [0.1, 0.15) is 59.9 Å². The van der Waals surface area contributed by atoms with Crippen LogP contribution in [0.3, 0.4) is 0 Å². The predicted octanol–water partition coefficient (Wildman–Crippen LogP) is 4.84. The molecule has 25 heavy (non-hydrogen) atoms. The van der Waals surface area contributed by atoms with Crippen molar-refractivity contribution in [2.75, 3.05) is 6.61 Å². The van der Waals surface area contributed by atoms with Gasteiger partial charge in [-0.2, -0.15) is 0 Å². The zero-order chi connectivity index (χ0) is 18.4.